The number of rotatable bonds is 0. The maximum absolute atomic E-state index is 5.82. The van der Waals surface area contributed by atoms with E-state index in [1.165, 1.54) is 6.07 Å². The summed E-state index contributed by atoms with van der Waals surface area (Å²) < 4.78 is 0. The molecule has 0 bridgehead atoms. The number of hydrogen-bond donors (Lipinski definition) is 0. The Hall–Kier alpha value is -0.350. The molecule has 2 heterocycles. The van der Waals surface area contributed by atoms with Gasteiger partial charge in [-0.15, -0.1) is 0 Å². The van der Waals surface area contributed by atoms with Gasteiger partial charge in [0.2, 0.25) is 5.28 Å². The summed E-state index contributed by atoms with van der Waals surface area (Å²) >= 11 is 22.9. The predicted molar refractivity (Wildman–Crippen MR) is 57.4 cm³/mol. The lowest BCUT2D eigenvalue weighted by Gasteiger charge is -2.01. The molecule has 0 spiro atoms. The summed E-state index contributed by atoms with van der Waals surface area (Å²) in [5.74, 6) is 0. The minimum absolute atomic E-state index is 0.0424. The maximum atomic E-state index is 5.82. The van der Waals surface area contributed by atoms with Crippen LogP contribution >= 0.6 is 46.4 Å². The van der Waals surface area contributed by atoms with E-state index in [0.29, 0.717) is 10.9 Å². The summed E-state index contributed by atoms with van der Waals surface area (Å²) in [6.07, 6.45) is 0. The molecule has 0 aliphatic heterocycles. The Morgan fingerprint density at radius 3 is 2.21 bits per heavy atom. The molecule has 3 nitrogen and oxygen atoms in total. The highest BCUT2D eigenvalue weighted by molar-refractivity contribution is 6.42. The van der Waals surface area contributed by atoms with Crippen molar-refractivity contribution >= 4 is 57.3 Å². The van der Waals surface area contributed by atoms with Crippen molar-refractivity contribution in [1.82, 2.24) is 15.0 Å². The summed E-state index contributed by atoms with van der Waals surface area (Å²) in [4.78, 5) is 11.5. The van der Waals surface area contributed by atoms with E-state index in [9.17, 15) is 0 Å². The van der Waals surface area contributed by atoms with Crippen LogP contribution in [0.15, 0.2) is 6.07 Å². The van der Waals surface area contributed by atoms with Gasteiger partial charge in [-0.3, -0.25) is 0 Å². The summed E-state index contributed by atoms with van der Waals surface area (Å²) in [6, 6.07) is 1.52. The Kier molecular flexibility index (Phi) is 2.66. The van der Waals surface area contributed by atoms with E-state index in [1.54, 1.807) is 0 Å². The van der Waals surface area contributed by atoms with Crippen LogP contribution in [0.2, 0.25) is 20.7 Å². The van der Waals surface area contributed by atoms with Gasteiger partial charge in [0.25, 0.3) is 0 Å². The fraction of sp³-hybridized carbons (Fsp3) is 0. The molecule has 0 unspecified atom stereocenters. The van der Waals surface area contributed by atoms with Crippen molar-refractivity contribution in [3.63, 3.8) is 0 Å². The number of aromatic nitrogens is 3. The van der Waals surface area contributed by atoms with Crippen LogP contribution in [-0.4, -0.2) is 15.0 Å². The van der Waals surface area contributed by atoms with Crippen LogP contribution in [-0.2, 0) is 0 Å². The molecule has 0 fully saturated rings. The predicted octanol–water partition coefficient (Wildman–Crippen LogP) is 3.64. The van der Waals surface area contributed by atoms with E-state index in [0.717, 1.165) is 0 Å². The number of nitrogens with zero attached hydrogens (tertiary/aromatic N) is 3. The minimum Gasteiger partial charge on any atom is -0.224 e. The van der Waals surface area contributed by atoms with Crippen LogP contribution in [0, 0.1) is 0 Å². The van der Waals surface area contributed by atoms with Gasteiger partial charge in [-0.2, -0.15) is 0 Å². The highest BCUT2D eigenvalue weighted by Crippen LogP contribution is 2.29. The SMILES string of the molecule is Clc1cc2nc(Cl)nc(Cl)c2c(Cl)n1. The lowest BCUT2D eigenvalue weighted by atomic mass is 10.3. The highest BCUT2D eigenvalue weighted by atomic mass is 35.5. The van der Waals surface area contributed by atoms with E-state index in [-0.39, 0.29) is 20.7 Å². The van der Waals surface area contributed by atoms with Gasteiger partial charge >= 0.3 is 0 Å². The second kappa shape index (κ2) is 3.66. The zero-order valence-corrected chi connectivity index (χ0v) is 9.45. The van der Waals surface area contributed by atoms with E-state index >= 15 is 0 Å². The van der Waals surface area contributed by atoms with Crippen molar-refractivity contribution in [2.75, 3.05) is 0 Å². The molecule has 0 aliphatic carbocycles. The lowest BCUT2D eigenvalue weighted by Crippen LogP contribution is -1.89. The van der Waals surface area contributed by atoms with Gasteiger partial charge in [-0.05, 0) is 11.6 Å². The van der Waals surface area contributed by atoms with E-state index in [4.69, 9.17) is 46.4 Å². The zero-order chi connectivity index (χ0) is 10.3. The molecule has 2 rings (SSSR count). The van der Waals surface area contributed by atoms with Crippen molar-refractivity contribution < 1.29 is 0 Å². The molecule has 7 heteroatoms. The molecule has 0 saturated carbocycles. The third kappa shape index (κ3) is 1.73. The van der Waals surface area contributed by atoms with Crippen molar-refractivity contribution in [3.8, 4) is 0 Å². The van der Waals surface area contributed by atoms with Gasteiger partial charge in [0, 0.05) is 6.07 Å². The molecule has 2 aromatic rings. The second-order valence-electron chi connectivity index (χ2n) is 2.41. The van der Waals surface area contributed by atoms with Crippen LogP contribution in [0.5, 0.6) is 0 Å². The molecule has 0 radical (unpaired) electrons. The fourth-order valence-corrected chi connectivity index (χ4v) is 2.05. The largest absolute Gasteiger partial charge is 0.224 e. The van der Waals surface area contributed by atoms with E-state index in [2.05, 4.69) is 15.0 Å². The normalized spacial score (nSPS) is 10.9. The number of pyridine rings is 1. The molecule has 0 atom stereocenters. The van der Waals surface area contributed by atoms with Gasteiger partial charge in [0.15, 0.2) is 0 Å². The lowest BCUT2D eigenvalue weighted by molar-refractivity contribution is 1.21. The zero-order valence-electron chi connectivity index (χ0n) is 6.43. The summed E-state index contributed by atoms with van der Waals surface area (Å²) in [7, 11) is 0. The molecular formula is C7HCl4N3. The summed E-state index contributed by atoms with van der Waals surface area (Å²) in [6.45, 7) is 0. The van der Waals surface area contributed by atoms with Gasteiger partial charge in [0.05, 0.1) is 10.9 Å². The Bertz CT molecular complexity index is 471. The Morgan fingerprint density at radius 2 is 1.50 bits per heavy atom. The van der Waals surface area contributed by atoms with Crippen LogP contribution in [0.25, 0.3) is 10.9 Å². The van der Waals surface area contributed by atoms with Crippen LogP contribution < -0.4 is 0 Å². The van der Waals surface area contributed by atoms with E-state index in [1.807, 2.05) is 0 Å². The molecule has 72 valence electrons. The van der Waals surface area contributed by atoms with Crippen molar-refractivity contribution in [1.29, 1.82) is 0 Å². The van der Waals surface area contributed by atoms with Gasteiger partial charge in [0.1, 0.15) is 15.5 Å². The molecule has 0 aliphatic rings. The molecule has 2 aromatic heterocycles. The topological polar surface area (TPSA) is 38.7 Å². The number of fused-ring (bicyclic) bond motifs is 1. The third-order valence-electron chi connectivity index (χ3n) is 1.53. The van der Waals surface area contributed by atoms with Gasteiger partial charge in [-0.1, -0.05) is 34.8 Å². The first-order valence-corrected chi connectivity index (χ1v) is 4.94. The fourth-order valence-electron chi connectivity index (χ4n) is 1.01. The Labute approximate surface area is 99.0 Å². The highest BCUT2D eigenvalue weighted by Gasteiger charge is 2.10. The van der Waals surface area contributed by atoms with Gasteiger partial charge < -0.3 is 0 Å². The van der Waals surface area contributed by atoms with Crippen LogP contribution in [0.1, 0.15) is 0 Å². The first-order valence-electron chi connectivity index (χ1n) is 3.42. The maximum Gasteiger partial charge on any atom is 0.224 e. The first kappa shape index (κ1) is 10.2. The Morgan fingerprint density at radius 1 is 0.857 bits per heavy atom. The van der Waals surface area contributed by atoms with Crippen LogP contribution in [0.4, 0.5) is 0 Å². The van der Waals surface area contributed by atoms with Crippen molar-refractivity contribution in [3.05, 3.63) is 26.8 Å². The van der Waals surface area contributed by atoms with Gasteiger partial charge in [-0.25, -0.2) is 15.0 Å². The molecule has 0 N–H and O–H groups in total. The summed E-state index contributed by atoms with van der Waals surface area (Å²) in [5, 5.41) is 1.04. The average Bonchev–Trinajstić information content (AvgIpc) is 1.99. The third-order valence-corrected chi connectivity index (χ3v) is 2.44. The Balaban J connectivity index is 2.94. The minimum atomic E-state index is 0.0424. The quantitative estimate of drug-likeness (QED) is 0.416. The molecule has 0 saturated heterocycles. The number of hydrogen-bond acceptors (Lipinski definition) is 3. The number of halogens is 4. The standard InChI is InChI=1S/C7HCl4N3/c8-3-1-2-4(5(9)13-3)6(10)14-7(11)12-2/h1H. The molecule has 0 aromatic carbocycles. The smallest absolute Gasteiger partial charge is 0.224 e. The van der Waals surface area contributed by atoms with Crippen molar-refractivity contribution in [2.45, 2.75) is 0 Å². The summed E-state index contributed by atoms with van der Waals surface area (Å²) in [5.41, 5.74) is 0.472. The second-order valence-corrected chi connectivity index (χ2v) is 3.85. The monoisotopic (exact) mass is 267 g/mol. The average molecular weight is 269 g/mol. The van der Waals surface area contributed by atoms with Crippen LogP contribution in [0.3, 0.4) is 0 Å². The first-order chi connectivity index (χ1) is 6.58. The molecule has 14 heavy (non-hydrogen) atoms. The van der Waals surface area contributed by atoms with Crippen molar-refractivity contribution in [2.24, 2.45) is 0 Å². The molecule has 0 amide bonds. The van der Waals surface area contributed by atoms with E-state index < -0.39 is 0 Å². The molecular weight excluding hydrogens is 268 g/mol.